The SMILES string of the molecule is CCNc1cc(COc2cccc(C#N)c2)ccn1. The van der Waals surface area contributed by atoms with E-state index < -0.39 is 0 Å². The Bertz CT molecular complexity index is 590. The highest BCUT2D eigenvalue weighted by Gasteiger charge is 1.99. The van der Waals surface area contributed by atoms with Gasteiger partial charge in [-0.2, -0.15) is 5.26 Å². The fraction of sp³-hybridized carbons (Fsp3) is 0.200. The summed E-state index contributed by atoms with van der Waals surface area (Å²) in [7, 11) is 0. The zero-order valence-electron chi connectivity index (χ0n) is 10.8. The van der Waals surface area contributed by atoms with Gasteiger partial charge in [-0.15, -0.1) is 0 Å². The zero-order chi connectivity index (χ0) is 13.5. The number of benzene rings is 1. The Morgan fingerprint density at radius 3 is 3.00 bits per heavy atom. The fourth-order valence-corrected chi connectivity index (χ4v) is 1.66. The lowest BCUT2D eigenvalue weighted by molar-refractivity contribution is 0.306. The van der Waals surface area contributed by atoms with Crippen LogP contribution in [0.4, 0.5) is 5.82 Å². The van der Waals surface area contributed by atoms with Gasteiger partial charge in [0.25, 0.3) is 0 Å². The van der Waals surface area contributed by atoms with Gasteiger partial charge in [0.05, 0.1) is 11.6 Å². The van der Waals surface area contributed by atoms with Gasteiger partial charge < -0.3 is 10.1 Å². The van der Waals surface area contributed by atoms with E-state index in [-0.39, 0.29) is 0 Å². The summed E-state index contributed by atoms with van der Waals surface area (Å²) in [5.41, 5.74) is 1.63. The van der Waals surface area contributed by atoms with E-state index in [9.17, 15) is 0 Å². The average Bonchev–Trinajstić information content (AvgIpc) is 2.46. The molecule has 19 heavy (non-hydrogen) atoms. The van der Waals surface area contributed by atoms with Crippen LogP contribution < -0.4 is 10.1 Å². The van der Waals surface area contributed by atoms with E-state index in [1.54, 1.807) is 18.3 Å². The Labute approximate surface area is 112 Å². The predicted molar refractivity (Wildman–Crippen MR) is 73.9 cm³/mol. The molecule has 0 saturated heterocycles. The molecule has 96 valence electrons. The Morgan fingerprint density at radius 2 is 2.21 bits per heavy atom. The summed E-state index contributed by atoms with van der Waals surface area (Å²) in [4.78, 5) is 4.20. The lowest BCUT2D eigenvalue weighted by Gasteiger charge is -2.08. The summed E-state index contributed by atoms with van der Waals surface area (Å²) in [5.74, 6) is 1.54. The van der Waals surface area contributed by atoms with Crippen molar-refractivity contribution in [2.45, 2.75) is 13.5 Å². The molecule has 2 rings (SSSR count). The standard InChI is InChI=1S/C15H15N3O/c1-2-17-15-9-13(6-7-18-15)11-19-14-5-3-4-12(8-14)10-16/h3-9H,2,11H2,1H3,(H,17,18). The van der Waals surface area contributed by atoms with E-state index in [4.69, 9.17) is 10.00 Å². The molecule has 0 spiro atoms. The maximum absolute atomic E-state index is 8.82. The molecule has 1 aromatic carbocycles. The summed E-state index contributed by atoms with van der Waals surface area (Å²) >= 11 is 0. The molecule has 4 nitrogen and oxygen atoms in total. The molecule has 0 amide bonds. The van der Waals surface area contributed by atoms with Crippen molar-refractivity contribution in [1.29, 1.82) is 5.26 Å². The van der Waals surface area contributed by atoms with Crippen molar-refractivity contribution >= 4 is 5.82 Å². The molecule has 0 bridgehead atoms. The third-order valence-corrected chi connectivity index (χ3v) is 2.55. The first kappa shape index (κ1) is 12.9. The molecule has 2 aromatic rings. The van der Waals surface area contributed by atoms with Crippen molar-refractivity contribution in [2.24, 2.45) is 0 Å². The summed E-state index contributed by atoms with van der Waals surface area (Å²) in [6.07, 6.45) is 1.75. The predicted octanol–water partition coefficient (Wildman–Crippen LogP) is 2.96. The minimum Gasteiger partial charge on any atom is -0.489 e. The van der Waals surface area contributed by atoms with Crippen LogP contribution >= 0.6 is 0 Å². The van der Waals surface area contributed by atoms with Crippen LogP contribution in [0.5, 0.6) is 5.75 Å². The number of hydrogen-bond donors (Lipinski definition) is 1. The monoisotopic (exact) mass is 253 g/mol. The van der Waals surface area contributed by atoms with Crippen molar-refractivity contribution < 1.29 is 4.74 Å². The molecular weight excluding hydrogens is 238 g/mol. The quantitative estimate of drug-likeness (QED) is 0.890. The lowest BCUT2D eigenvalue weighted by Crippen LogP contribution is -2.01. The first-order valence-corrected chi connectivity index (χ1v) is 6.13. The summed E-state index contributed by atoms with van der Waals surface area (Å²) in [6, 6.07) is 13.1. The van der Waals surface area contributed by atoms with Crippen LogP contribution in [0, 0.1) is 11.3 Å². The molecule has 1 aromatic heterocycles. The summed E-state index contributed by atoms with van der Waals surface area (Å²) in [5, 5.41) is 12.0. The molecule has 0 aliphatic rings. The number of nitrogens with zero attached hydrogens (tertiary/aromatic N) is 2. The van der Waals surface area contributed by atoms with Gasteiger partial charge >= 0.3 is 0 Å². The van der Waals surface area contributed by atoms with Crippen LogP contribution in [0.15, 0.2) is 42.6 Å². The molecule has 0 saturated carbocycles. The fourth-order valence-electron chi connectivity index (χ4n) is 1.66. The van der Waals surface area contributed by atoms with E-state index in [1.165, 1.54) is 0 Å². The molecule has 0 atom stereocenters. The largest absolute Gasteiger partial charge is 0.489 e. The van der Waals surface area contributed by atoms with Gasteiger partial charge in [-0.3, -0.25) is 0 Å². The molecular formula is C15H15N3O. The van der Waals surface area contributed by atoms with Gasteiger partial charge in [0.15, 0.2) is 0 Å². The minimum atomic E-state index is 0.454. The van der Waals surface area contributed by atoms with Crippen LogP contribution in [-0.4, -0.2) is 11.5 Å². The average molecular weight is 253 g/mol. The first-order valence-electron chi connectivity index (χ1n) is 6.13. The number of hydrogen-bond acceptors (Lipinski definition) is 4. The van der Waals surface area contributed by atoms with E-state index in [0.29, 0.717) is 17.9 Å². The second-order valence-corrected chi connectivity index (χ2v) is 4.01. The summed E-state index contributed by atoms with van der Waals surface area (Å²) in [6.45, 7) is 3.32. The van der Waals surface area contributed by atoms with Crippen LogP contribution in [0.2, 0.25) is 0 Å². The van der Waals surface area contributed by atoms with Gasteiger partial charge in [0.1, 0.15) is 18.2 Å². The van der Waals surface area contributed by atoms with Gasteiger partial charge in [-0.1, -0.05) is 6.07 Å². The Morgan fingerprint density at radius 1 is 1.32 bits per heavy atom. The van der Waals surface area contributed by atoms with E-state index >= 15 is 0 Å². The highest BCUT2D eigenvalue weighted by molar-refractivity contribution is 5.38. The number of rotatable bonds is 5. The number of pyridine rings is 1. The van der Waals surface area contributed by atoms with Gasteiger partial charge in [0.2, 0.25) is 0 Å². The Hall–Kier alpha value is -2.54. The highest BCUT2D eigenvalue weighted by Crippen LogP contribution is 2.15. The molecule has 1 heterocycles. The lowest BCUT2D eigenvalue weighted by atomic mass is 10.2. The molecule has 0 aliphatic heterocycles. The Kier molecular flexibility index (Phi) is 4.35. The Balaban J connectivity index is 2.01. The first-order chi connectivity index (χ1) is 9.31. The maximum Gasteiger partial charge on any atom is 0.126 e. The molecule has 0 fully saturated rings. The van der Waals surface area contributed by atoms with Gasteiger partial charge in [-0.25, -0.2) is 4.98 Å². The van der Waals surface area contributed by atoms with Crippen LogP contribution in [-0.2, 0) is 6.61 Å². The number of nitrogens with one attached hydrogen (secondary N) is 1. The molecule has 0 aliphatic carbocycles. The van der Waals surface area contributed by atoms with E-state index in [1.807, 2.05) is 31.2 Å². The van der Waals surface area contributed by atoms with Crippen molar-refractivity contribution in [2.75, 3.05) is 11.9 Å². The smallest absolute Gasteiger partial charge is 0.126 e. The molecule has 1 N–H and O–H groups in total. The highest BCUT2D eigenvalue weighted by atomic mass is 16.5. The van der Waals surface area contributed by atoms with Crippen molar-refractivity contribution in [3.63, 3.8) is 0 Å². The summed E-state index contributed by atoms with van der Waals surface area (Å²) < 4.78 is 5.66. The number of nitriles is 1. The number of ether oxygens (including phenoxy) is 1. The maximum atomic E-state index is 8.82. The minimum absolute atomic E-state index is 0.454. The van der Waals surface area contributed by atoms with Gasteiger partial charge in [-0.05, 0) is 42.8 Å². The second kappa shape index (κ2) is 6.41. The third kappa shape index (κ3) is 3.71. The topological polar surface area (TPSA) is 57.9 Å². The third-order valence-electron chi connectivity index (χ3n) is 2.55. The molecule has 0 unspecified atom stereocenters. The van der Waals surface area contributed by atoms with Crippen LogP contribution in [0.3, 0.4) is 0 Å². The van der Waals surface area contributed by atoms with Crippen molar-refractivity contribution in [3.8, 4) is 11.8 Å². The number of aromatic nitrogens is 1. The van der Waals surface area contributed by atoms with E-state index in [2.05, 4.69) is 16.4 Å². The zero-order valence-corrected chi connectivity index (χ0v) is 10.8. The second-order valence-electron chi connectivity index (χ2n) is 4.01. The van der Waals surface area contributed by atoms with Crippen molar-refractivity contribution in [1.82, 2.24) is 4.98 Å². The van der Waals surface area contributed by atoms with Crippen molar-refractivity contribution in [3.05, 3.63) is 53.7 Å². The van der Waals surface area contributed by atoms with E-state index in [0.717, 1.165) is 17.9 Å². The normalized spacial score (nSPS) is 9.68. The molecule has 0 radical (unpaired) electrons. The van der Waals surface area contributed by atoms with Gasteiger partial charge in [0, 0.05) is 12.7 Å². The van der Waals surface area contributed by atoms with Crippen LogP contribution in [0.25, 0.3) is 0 Å². The van der Waals surface area contributed by atoms with Crippen LogP contribution in [0.1, 0.15) is 18.1 Å². The molecule has 4 heteroatoms. The number of anilines is 1.